The van der Waals surface area contributed by atoms with Crippen LogP contribution in [0.25, 0.3) is 5.00 Å². The fraction of sp³-hybridized carbons (Fsp3) is 0.300. The van der Waals surface area contributed by atoms with Crippen LogP contribution in [0.2, 0.25) is 10.0 Å². The second-order valence-electron chi connectivity index (χ2n) is 17.1. The molecule has 0 bridgehead atoms. The van der Waals surface area contributed by atoms with Gasteiger partial charge in [-0.25, -0.2) is 19.7 Å². The van der Waals surface area contributed by atoms with Gasteiger partial charge in [0.15, 0.2) is 11.0 Å². The topological polar surface area (TPSA) is 185 Å². The van der Waals surface area contributed by atoms with E-state index in [0.717, 1.165) is 49.2 Å². The number of piperazine rings is 1. The number of hydrogen-bond donors (Lipinski definition) is 3. The molecule has 0 spiro atoms. The number of fused-ring (bicyclic) bond motifs is 3. The van der Waals surface area contributed by atoms with Crippen molar-refractivity contribution in [2.24, 2.45) is 4.99 Å². The molecule has 20 heteroatoms. The summed E-state index contributed by atoms with van der Waals surface area (Å²) >= 11 is 15.5. The lowest BCUT2D eigenvalue weighted by Gasteiger charge is -2.35. The zero-order chi connectivity index (χ0) is 49.1. The number of thiazole rings is 1. The average Bonchev–Trinajstić information content (AvgIpc) is 4.03. The Morgan fingerprint density at radius 3 is 2.41 bits per heavy atom. The Labute approximate surface area is 423 Å². The number of hydrogen-bond acceptors (Lipinski definition) is 15. The summed E-state index contributed by atoms with van der Waals surface area (Å²) in [6.07, 6.45) is 1.68. The first kappa shape index (κ1) is 48.5. The lowest BCUT2D eigenvalue weighted by Crippen LogP contribution is -2.48. The van der Waals surface area contributed by atoms with E-state index in [1.54, 1.807) is 17.4 Å². The summed E-state index contributed by atoms with van der Waals surface area (Å²) < 4.78 is 7.91. The van der Waals surface area contributed by atoms with Gasteiger partial charge in [-0.2, -0.15) is 0 Å². The summed E-state index contributed by atoms with van der Waals surface area (Å²) in [6.45, 7) is 13.2. The highest BCUT2D eigenvalue weighted by Gasteiger charge is 2.34. The van der Waals surface area contributed by atoms with Gasteiger partial charge in [0.05, 0.1) is 29.0 Å². The molecule has 3 N–H and O–H groups in total. The number of amides is 2. The van der Waals surface area contributed by atoms with Crippen molar-refractivity contribution < 1.29 is 19.1 Å². The molecule has 0 aliphatic carbocycles. The van der Waals surface area contributed by atoms with E-state index in [1.807, 2.05) is 98.1 Å². The number of halogens is 2. The summed E-state index contributed by atoms with van der Waals surface area (Å²) in [4.78, 5) is 66.0. The summed E-state index contributed by atoms with van der Waals surface area (Å²) in [6, 6.07) is 22.8. The molecule has 1 saturated heterocycles. The van der Waals surface area contributed by atoms with Gasteiger partial charge >= 0.3 is 5.97 Å². The molecule has 1 fully saturated rings. The zero-order valence-corrected chi connectivity index (χ0v) is 42.3. The second kappa shape index (κ2) is 21.2. The van der Waals surface area contributed by atoms with Crippen molar-refractivity contribution in [2.75, 3.05) is 54.9 Å². The van der Waals surface area contributed by atoms with E-state index in [4.69, 9.17) is 37.9 Å². The number of carbonyl (C=O) groups is 3. The molecule has 0 saturated carbocycles. The number of carbonyl (C=O) groups excluding carboxylic acids is 3. The Morgan fingerprint density at radius 1 is 0.886 bits per heavy atom. The van der Waals surface area contributed by atoms with Crippen LogP contribution in [0.5, 0.6) is 0 Å². The first-order chi connectivity index (χ1) is 33.8. The molecule has 7 aromatic rings. The van der Waals surface area contributed by atoms with Gasteiger partial charge in [0, 0.05) is 66.2 Å². The number of aliphatic imine (C=N–C) groups is 1. The normalized spacial score (nSPS) is 15.0. The van der Waals surface area contributed by atoms with E-state index in [1.165, 1.54) is 17.5 Å². The fourth-order valence-corrected chi connectivity index (χ4v) is 10.8. The Morgan fingerprint density at radius 2 is 1.66 bits per heavy atom. The molecule has 0 unspecified atom stereocenters. The van der Waals surface area contributed by atoms with Gasteiger partial charge in [0.25, 0.3) is 5.91 Å². The number of benzene rings is 3. The van der Waals surface area contributed by atoms with Crippen molar-refractivity contribution in [2.45, 2.75) is 59.5 Å². The molecular formula is C50H50Cl2N12O4S2. The van der Waals surface area contributed by atoms with Crippen LogP contribution in [0.1, 0.15) is 72.3 Å². The van der Waals surface area contributed by atoms with Gasteiger partial charge in [-0.3, -0.25) is 24.0 Å². The molecule has 0 radical (unpaired) electrons. The molecule has 4 aromatic heterocycles. The maximum Gasteiger partial charge on any atom is 0.329 e. The Hall–Kier alpha value is -6.57. The summed E-state index contributed by atoms with van der Waals surface area (Å²) in [7, 11) is 0. The first-order valence-electron chi connectivity index (χ1n) is 22.8. The third kappa shape index (κ3) is 10.9. The monoisotopic (exact) mass is 1020 g/mol. The molecule has 3 aromatic carbocycles. The lowest BCUT2D eigenvalue weighted by molar-refractivity contribution is -0.148. The van der Waals surface area contributed by atoms with Crippen molar-refractivity contribution in [3.05, 3.63) is 150 Å². The van der Waals surface area contributed by atoms with Gasteiger partial charge < -0.3 is 25.6 Å². The van der Waals surface area contributed by atoms with Gasteiger partial charge in [-0.1, -0.05) is 89.1 Å². The number of para-hydroxylation sites is 1. The second-order valence-corrected chi connectivity index (χ2v) is 20.2. The maximum atomic E-state index is 14.2. The number of aryl methyl sites for hydroxylation is 4. The van der Waals surface area contributed by atoms with E-state index in [9.17, 15) is 14.4 Å². The molecular weight excluding hydrogens is 968 g/mol. The third-order valence-electron chi connectivity index (χ3n) is 12.2. The predicted molar refractivity (Wildman–Crippen MR) is 276 cm³/mol. The minimum Gasteiger partial charge on any atom is -0.463 e. The van der Waals surface area contributed by atoms with Crippen molar-refractivity contribution in [1.29, 1.82) is 0 Å². The number of ether oxygens (including phenoxy) is 1. The van der Waals surface area contributed by atoms with Gasteiger partial charge in [-0.15, -0.1) is 21.5 Å². The largest absolute Gasteiger partial charge is 0.463 e. The average molecular weight is 1020 g/mol. The lowest BCUT2D eigenvalue weighted by atomic mass is 9.99. The molecule has 2 amide bonds. The molecule has 2 atom stereocenters. The van der Waals surface area contributed by atoms with Crippen molar-refractivity contribution in [3.63, 3.8) is 0 Å². The van der Waals surface area contributed by atoms with Crippen molar-refractivity contribution in [3.8, 4) is 5.00 Å². The van der Waals surface area contributed by atoms with E-state index in [0.29, 0.717) is 81.8 Å². The Balaban J connectivity index is 0.817. The standard InChI is InChI=1S/C50H50Cl2N12O4S2/c1-28-10-9-13-36(52)44(28)59-47(66)39-27-53-50(70-39)58-40-26-41(55-31(4)54-40)63-20-18-62(19-21-63)22-23-68-49(67)38(24-33-11-7-6-8-12-33)56-42(65)25-37-46-61-60-32(5)64(46)48-43(29(2)30(3)69-48)45(57-37)34-14-16-35(51)17-15-34/h6-17,26-27,37-38H,18-25H2,1-5H3,(H,56,65)(H,59,66)(H,53,54,55,58)/t37-,38-/m0/s1. The van der Waals surface area contributed by atoms with E-state index < -0.39 is 18.1 Å². The number of nitrogens with zero attached hydrogens (tertiary/aromatic N) is 9. The van der Waals surface area contributed by atoms with E-state index >= 15 is 0 Å². The number of esters is 1. The number of nitrogens with one attached hydrogen (secondary N) is 3. The smallest absolute Gasteiger partial charge is 0.329 e. The molecule has 360 valence electrons. The summed E-state index contributed by atoms with van der Waals surface area (Å²) in [5.74, 6) is 1.94. The van der Waals surface area contributed by atoms with Crippen LogP contribution in [0.3, 0.4) is 0 Å². The van der Waals surface area contributed by atoms with Crippen LogP contribution >= 0.6 is 45.9 Å². The summed E-state index contributed by atoms with van der Waals surface area (Å²) in [5.41, 5.74) is 5.96. The zero-order valence-electron chi connectivity index (χ0n) is 39.1. The molecule has 16 nitrogen and oxygen atoms in total. The highest BCUT2D eigenvalue weighted by atomic mass is 35.5. The molecule has 9 rings (SSSR count). The van der Waals surface area contributed by atoms with Crippen LogP contribution in [0, 0.1) is 34.6 Å². The van der Waals surface area contributed by atoms with Gasteiger partial charge in [-0.05, 0) is 69.5 Å². The summed E-state index contributed by atoms with van der Waals surface area (Å²) in [5, 5.41) is 20.6. The van der Waals surface area contributed by atoms with Crippen LogP contribution < -0.4 is 20.9 Å². The number of rotatable bonds is 15. The van der Waals surface area contributed by atoms with Crippen molar-refractivity contribution >= 4 is 91.8 Å². The number of aromatic nitrogens is 6. The predicted octanol–water partition coefficient (Wildman–Crippen LogP) is 8.80. The van der Waals surface area contributed by atoms with Crippen LogP contribution in [-0.4, -0.2) is 103 Å². The van der Waals surface area contributed by atoms with E-state index in [-0.39, 0.29) is 31.3 Å². The maximum absolute atomic E-state index is 14.2. The van der Waals surface area contributed by atoms with Crippen molar-refractivity contribution in [1.82, 2.24) is 39.9 Å². The SMILES string of the molecule is Cc1nc(Nc2ncc(C(=O)Nc3c(C)cccc3Cl)s2)cc(N2CCN(CCOC(=O)[C@H](Cc3ccccc3)NC(=O)C[C@@H]3N=C(c4ccc(Cl)cc4)c4c(sc(C)c4C)-n4c(C)nnc43)CC2)n1. The Bertz CT molecular complexity index is 3070. The van der Waals surface area contributed by atoms with Crippen LogP contribution in [0.4, 0.5) is 22.5 Å². The molecule has 6 heterocycles. The fourth-order valence-electron chi connectivity index (χ4n) is 8.47. The first-order valence-corrected chi connectivity index (χ1v) is 25.2. The molecule has 70 heavy (non-hydrogen) atoms. The van der Waals surface area contributed by atoms with Gasteiger partial charge in [0.1, 0.15) is 51.9 Å². The number of anilines is 4. The van der Waals surface area contributed by atoms with Gasteiger partial charge in [0.2, 0.25) is 5.91 Å². The molecule has 2 aliphatic rings. The third-order valence-corrected chi connectivity index (χ3v) is 14.9. The number of thiophene rings is 1. The van der Waals surface area contributed by atoms with E-state index in [2.05, 4.69) is 59.8 Å². The molecule has 2 aliphatic heterocycles. The quantitative estimate of drug-likeness (QED) is 0.0831. The van der Waals surface area contributed by atoms with Crippen LogP contribution in [0.15, 0.2) is 90.1 Å². The highest BCUT2D eigenvalue weighted by Crippen LogP contribution is 2.40. The minimum absolute atomic E-state index is 0.0793. The Kier molecular flexibility index (Phi) is 14.7. The minimum atomic E-state index is -0.946. The van der Waals surface area contributed by atoms with Crippen LogP contribution in [-0.2, 0) is 20.7 Å². The highest BCUT2D eigenvalue weighted by molar-refractivity contribution is 7.17.